The molecule has 76 valence electrons. The standard InChI is InChI=1S/C10H20N2O/c1-5-10(12-11-4)7-6-8(2)9(3)13/h6-7,9,11-13H,5H2,1-4H3/b8-6+,10-7+/t9-/m1/s1. The second-order valence-corrected chi connectivity index (χ2v) is 3.01. The molecule has 0 aliphatic heterocycles. The summed E-state index contributed by atoms with van der Waals surface area (Å²) in [4.78, 5) is 0. The van der Waals surface area contributed by atoms with E-state index in [1.807, 2.05) is 26.1 Å². The lowest BCUT2D eigenvalue weighted by Gasteiger charge is -2.06. The Morgan fingerprint density at radius 2 is 2.08 bits per heavy atom. The second kappa shape index (κ2) is 6.69. The molecule has 0 amide bonds. The van der Waals surface area contributed by atoms with Crippen molar-refractivity contribution in [2.45, 2.75) is 33.3 Å². The number of hydrazine groups is 1. The van der Waals surface area contributed by atoms with Gasteiger partial charge >= 0.3 is 0 Å². The molecule has 0 saturated heterocycles. The van der Waals surface area contributed by atoms with E-state index < -0.39 is 0 Å². The maximum atomic E-state index is 9.20. The summed E-state index contributed by atoms with van der Waals surface area (Å²) in [6.45, 7) is 5.74. The molecule has 0 rings (SSSR count). The summed E-state index contributed by atoms with van der Waals surface area (Å²) in [7, 11) is 1.83. The van der Waals surface area contributed by atoms with Crippen molar-refractivity contribution in [3.63, 3.8) is 0 Å². The van der Waals surface area contributed by atoms with Gasteiger partial charge in [0, 0.05) is 12.7 Å². The van der Waals surface area contributed by atoms with Crippen LogP contribution in [-0.4, -0.2) is 18.3 Å². The van der Waals surface area contributed by atoms with Crippen LogP contribution < -0.4 is 10.9 Å². The molecule has 0 aliphatic rings. The third kappa shape index (κ3) is 5.44. The van der Waals surface area contributed by atoms with E-state index in [1.54, 1.807) is 6.92 Å². The molecule has 0 radical (unpaired) electrons. The molecule has 13 heavy (non-hydrogen) atoms. The molecular formula is C10H20N2O. The molecule has 3 N–H and O–H groups in total. The minimum Gasteiger partial charge on any atom is -0.389 e. The molecule has 1 atom stereocenters. The maximum absolute atomic E-state index is 9.20. The van der Waals surface area contributed by atoms with Crippen molar-refractivity contribution in [3.8, 4) is 0 Å². The van der Waals surface area contributed by atoms with Gasteiger partial charge in [-0.15, -0.1) is 0 Å². The Morgan fingerprint density at radius 1 is 1.46 bits per heavy atom. The van der Waals surface area contributed by atoms with Crippen molar-refractivity contribution in [2.24, 2.45) is 0 Å². The summed E-state index contributed by atoms with van der Waals surface area (Å²) in [6.07, 6.45) is 4.46. The molecule has 3 nitrogen and oxygen atoms in total. The van der Waals surface area contributed by atoms with E-state index in [-0.39, 0.29) is 6.10 Å². The van der Waals surface area contributed by atoms with Crippen molar-refractivity contribution >= 4 is 0 Å². The Bertz CT molecular complexity index is 195. The fourth-order valence-corrected chi connectivity index (χ4v) is 0.780. The first kappa shape index (κ1) is 12.2. The minimum atomic E-state index is -0.371. The summed E-state index contributed by atoms with van der Waals surface area (Å²) in [5.74, 6) is 0. The fourth-order valence-electron chi connectivity index (χ4n) is 0.780. The van der Waals surface area contributed by atoms with Crippen LogP contribution >= 0.6 is 0 Å². The van der Waals surface area contributed by atoms with Crippen LogP contribution in [-0.2, 0) is 0 Å². The molecule has 0 aliphatic carbocycles. The predicted molar refractivity (Wildman–Crippen MR) is 56.0 cm³/mol. The number of allylic oxidation sites excluding steroid dienone is 3. The van der Waals surface area contributed by atoms with E-state index in [0.29, 0.717) is 0 Å². The van der Waals surface area contributed by atoms with Crippen LogP contribution in [0.5, 0.6) is 0 Å². The van der Waals surface area contributed by atoms with Gasteiger partial charge in [-0.2, -0.15) is 0 Å². The van der Waals surface area contributed by atoms with Gasteiger partial charge in [-0.25, -0.2) is 5.43 Å². The lowest BCUT2D eigenvalue weighted by molar-refractivity contribution is 0.231. The molecule has 0 aromatic heterocycles. The molecule has 3 heteroatoms. The maximum Gasteiger partial charge on any atom is 0.0722 e. The van der Waals surface area contributed by atoms with Gasteiger partial charge in [0.1, 0.15) is 0 Å². The zero-order valence-electron chi connectivity index (χ0n) is 8.89. The first-order valence-corrected chi connectivity index (χ1v) is 4.60. The topological polar surface area (TPSA) is 44.3 Å². The van der Waals surface area contributed by atoms with Crippen molar-refractivity contribution in [1.29, 1.82) is 0 Å². The van der Waals surface area contributed by atoms with E-state index in [2.05, 4.69) is 17.8 Å². The highest BCUT2D eigenvalue weighted by atomic mass is 16.3. The van der Waals surface area contributed by atoms with Gasteiger partial charge in [-0.3, -0.25) is 0 Å². The molecule has 0 saturated carbocycles. The number of nitrogens with one attached hydrogen (secondary N) is 2. The average molecular weight is 184 g/mol. The highest BCUT2D eigenvalue weighted by Gasteiger charge is 1.95. The highest BCUT2D eigenvalue weighted by Crippen LogP contribution is 2.02. The third-order valence-electron chi connectivity index (χ3n) is 1.87. The Hall–Kier alpha value is -0.800. The van der Waals surface area contributed by atoms with Gasteiger partial charge < -0.3 is 10.5 Å². The third-order valence-corrected chi connectivity index (χ3v) is 1.87. The van der Waals surface area contributed by atoms with Crippen molar-refractivity contribution in [1.82, 2.24) is 10.9 Å². The normalized spacial score (nSPS) is 15.8. The van der Waals surface area contributed by atoms with Crippen LogP contribution in [0.2, 0.25) is 0 Å². The lowest BCUT2D eigenvalue weighted by Crippen LogP contribution is -2.26. The zero-order valence-corrected chi connectivity index (χ0v) is 8.89. The summed E-state index contributed by atoms with van der Waals surface area (Å²) in [6, 6.07) is 0. The number of hydrogen-bond acceptors (Lipinski definition) is 3. The predicted octanol–water partition coefficient (Wildman–Crippen LogP) is 1.33. The first-order chi connectivity index (χ1) is 6.11. The smallest absolute Gasteiger partial charge is 0.0722 e. The summed E-state index contributed by atoms with van der Waals surface area (Å²) >= 11 is 0. The van der Waals surface area contributed by atoms with E-state index in [4.69, 9.17) is 0 Å². The van der Waals surface area contributed by atoms with E-state index in [9.17, 15) is 5.11 Å². The highest BCUT2D eigenvalue weighted by molar-refractivity contribution is 5.17. The van der Waals surface area contributed by atoms with Crippen LogP contribution in [0, 0.1) is 0 Å². The Kier molecular flexibility index (Phi) is 6.28. The lowest BCUT2D eigenvalue weighted by atomic mass is 10.1. The number of aliphatic hydroxyl groups is 1. The molecule has 0 heterocycles. The van der Waals surface area contributed by atoms with Crippen LogP contribution in [0.25, 0.3) is 0 Å². The van der Waals surface area contributed by atoms with Crippen molar-refractivity contribution in [3.05, 3.63) is 23.4 Å². The van der Waals surface area contributed by atoms with Gasteiger partial charge in [-0.05, 0) is 31.9 Å². The molecule has 0 aromatic carbocycles. The van der Waals surface area contributed by atoms with Crippen LogP contribution in [0.1, 0.15) is 27.2 Å². The van der Waals surface area contributed by atoms with E-state index in [0.717, 1.165) is 17.7 Å². The van der Waals surface area contributed by atoms with Gasteiger partial charge in [0.15, 0.2) is 0 Å². The largest absolute Gasteiger partial charge is 0.389 e. The van der Waals surface area contributed by atoms with Crippen molar-refractivity contribution in [2.75, 3.05) is 7.05 Å². The van der Waals surface area contributed by atoms with Crippen LogP contribution in [0.4, 0.5) is 0 Å². The monoisotopic (exact) mass is 184 g/mol. The SMILES string of the molecule is CC/C(=C\C=C(/C)[C@@H](C)O)NNC. The van der Waals surface area contributed by atoms with Crippen LogP contribution in [0.15, 0.2) is 23.4 Å². The average Bonchev–Trinajstić information content (AvgIpc) is 2.11. The van der Waals surface area contributed by atoms with Gasteiger partial charge in [0.05, 0.1) is 6.10 Å². The van der Waals surface area contributed by atoms with E-state index >= 15 is 0 Å². The van der Waals surface area contributed by atoms with Gasteiger partial charge in [0.25, 0.3) is 0 Å². The van der Waals surface area contributed by atoms with Crippen molar-refractivity contribution < 1.29 is 5.11 Å². The second-order valence-electron chi connectivity index (χ2n) is 3.01. The van der Waals surface area contributed by atoms with Gasteiger partial charge in [-0.1, -0.05) is 13.0 Å². The quantitative estimate of drug-likeness (QED) is 0.446. The molecular weight excluding hydrogens is 164 g/mol. The fraction of sp³-hybridized carbons (Fsp3) is 0.600. The number of hydrogen-bond donors (Lipinski definition) is 3. The molecule has 0 bridgehead atoms. The summed E-state index contributed by atoms with van der Waals surface area (Å²) in [5.41, 5.74) is 7.93. The Labute approximate surface area is 80.5 Å². The molecule has 0 aromatic rings. The number of aliphatic hydroxyl groups excluding tert-OH is 1. The Balaban J connectivity index is 4.26. The first-order valence-electron chi connectivity index (χ1n) is 4.60. The number of rotatable bonds is 5. The Morgan fingerprint density at radius 3 is 2.46 bits per heavy atom. The van der Waals surface area contributed by atoms with Gasteiger partial charge in [0.2, 0.25) is 0 Å². The summed E-state index contributed by atoms with van der Waals surface area (Å²) < 4.78 is 0. The van der Waals surface area contributed by atoms with E-state index in [1.165, 1.54) is 0 Å². The molecule has 0 unspecified atom stereocenters. The van der Waals surface area contributed by atoms with Crippen LogP contribution in [0.3, 0.4) is 0 Å². The molecule has 0 fully saturated rings. The summed E-state index contributed by atoms with van der Waals surface area (Å²) in [5, 5.41) is 9.20. The zero-order chi connectivity index (χ0) is 10.3. The minimum absolute atomic E-state index is 0.371. The molecule has 0 spiro atoms.